The minimum atomic E-state index is -1.10. The number of carbonyl (C=O) groups is 2. The molecule has 0 aromatic heterocycles. The second-order valence-corrected chi connectivity index (χ2v) is 26.5. The zero-order valence-corrected chi connectivity index (χ0v) is 48.8. The van der Waals surface area contributed by atoms with Crippen molar-refractivity contribution in [3.63, 3.8) is 0 Å². The molecule has 0 aromatic rings. The Morgan fingerprint density at radius 1 is 0.631 bits per heavy atom. The quantitative estimate of drug-likeness (QED) is 0.0392. The summed E-state index contributed by atoms with van der Waals surface area (Å²) in [5.74, 6) is 1.67. The van der Waals surface area contributed by atoms with E-state index < -0.39 is 16.9 Å². The van der Waals surface area contributed by atoms with Crippen LogP contribution in [0, 0.1) is 5.92 Å². The standard InChI is InChI=1S/C49H100N6O6P2S2/c1-35(2)52(36(3)4)62(53(37(5)6)38(7)8)60-28-26-58-30-32-64-46(56)23-25-51-48(18,19)24-22-45(49(51,20)21)34-42(15)55(41(13)14)63(54(39(9)10)40(11)12)61-29-27-59-31-33-65-47(57)43(16)44(17)50/h35-42,45H,22-34,50H2,1-21H3/b44-43+. The van der Waals surface area contributed by atoms with Gasteiger partial charge in [-0.2, -0.15) is 0 Å². The number of ether oxygens (including phenoxy) is 2. The Hall–Kier alpha value is 0.0800. The van der Waals surface area contributed by atoms with Gasteiger partial charge in [-0.1, -0.05) is 23.5 Å². The molecule has 12 nitrogen and oxygen atoms in total. The summed E-state index contributed by atoms with van der Waals surface area (Å²) in [5, 5.41) is 0.227. The van der Waals surface area contributed by atoms with Gasteiger partial charge in [-0.3, -0.25) is 14.5 Å². The smallest absolute Gasteiger partial charge is 0.216 e. The van der Waals surface area contributed by atoms with Crippen LogP contribution in [0.4, 0.5) is 0 Å². The van der Waals surface area contributed by atoms with Gasteiger partial charge >= 0.3 is 0 Å². The van der Waals surface area contributed by atoms with Gasteiger partial charge < -0.3 is 24.3 Å². The lowest BCUT2D eigenvalue weighted by molar-refractivity contribution is -0.114. The van der Waals surface area contributed by atoms with Gasteiger partial charge in [0.15, 0.2) is 22.0 Å². The summed E-state index contributed by atoms with van der Waals surface area (Å²) in [6.45, 7) is 50.8. The Morgan fingerprint density at radius 3 is 1.43 bits per heavy atom. The summed E-state index contributed by atoms with van der Waals surface area (Å²) < 4.78 is 35.6. The second kappa shape index (κ2) is 30.7. The fourth-order valence-electron chi connectivity index (χ4n) is 9.40. The molecule has 0 spiro atoms. The van der Waals surface area contributed by atoms with Crippen LogP contribution in [0.2, 0.25) is 0 Å². The average Bonchev–Trinajstić information content (AvgIpc) is 3.16. The number of nitrogens with zero attached hydrogens (tertiary/aromatic N) is 5. The van der Waals surface area contributed by atoms with Crippen LogP contribution in [0.1, 0.15) is 171 Å². The van der Waals surface area contributed by atoms with Crippen LogP contribution in [0.3, 0.4) is 0 Å². The van der Waals surface area contributed by atoms with E-state index in [1.807, 2.05) is 0 Å². The van der Waals surface area contributed by atoms with Crippen molar-refractivity contribution in [2.45, 2.75) is 230 Å². The zero-order valence-electron chi connectivity index (χ0n) is 45.4. The fraction of sp³-hybridized carbons (Fsp3) is 0.918. The van der Waals surface area contributed by atoms with Gasteiger partial charge in [-0.15, -0.1) is 0 Å². The molecule has 384 valence electrons. The first-order valence-electron chi connectivity index (χ1n) is 24.8. The van der Waals surface area contributed by atoms with E-state index in [0.717, 1.165) is 25.8 Å². The van der Waals surface area contributed by atoms with Crippen molar-refractivity contribution in [3.8, 4) is 0 Å². The molecule has 0 bridgehead atoms. The molecule has 1 aliphatic heterocycles. The largest absolute Gasteiger partial charge is 0.402 e. The van der Waals surface area contributed by atoms with Crippen molar-refractivity contribution in [1.29, 1.82) is 0 Å². The summed E-state index contributed by atoms with van der Waals surface area (Å²) in [6, 6.07) is 2.61. The number of hydrogen-bond donors (Lipinski definition) is 1. The Balaban J connectivity index is 2.92. The summed E-state index contributed by atoms with van der Waals surface area (Å²) in [5.41, 5.74) is 6.86. The summed E-state index contributed by atoms with van der Waals surface area (Å²) in [6.07, 6.45) is 3.78. The van der Waals surface area contributed by atoms with E-state index in [1.165, 1.54) is 23.5 Å². The predicted molar refractivity (Wildman–Crippen MR) is 284 cm³/mol. The third-order valence-electron chi connectivity index (χ3n) is 12.4. The minimum Gasteiger partial charge on any atom is -0.402 e. The lowest BCUT2D eigenvalue weighted by atomic mass is 9.70. The van der Waals surface area contributed by atoms with Crippen molar-refractivity contribution in [2.75, 3.05) is 57.7 Å². The number of carbonyl (C=O) groups excluding carboxylic acids is 2. The summed E-state index contributed by atoms with van der Waals surface area (Å²) >= 11 is 2.65. The van der Waals surface area contributed by atoms with Crippen LogP contribution in [0.15, 0.2) is 11.3 Å². The number of allylic oxidation sites excluding steroid dienone is 1. The van der Waals surface area contributed by atoms with E-state index in [4.69, 9.17) is 24.3 Å². The summed E-state index contributed by atoms with van der Waals surface area (Å²) in [7, 11) is -2.05. The van der Waals surface area contributed by atoms with E-state index in [9.17, 15) is 9.59 Å². The van der Waals surface area contributed by atoms with Gasteiger partial charge in [-0.25, -0.2) is 18.7 Å². The van der Waals surface area contributed by atoms with Crippen molar-refractivity contribution in [3.05, 3.63) is 11.3 Å². The van der Waals surface area contributed by atoms with Gasteiger partial charge in [0.2, 0.25) is 5.12 Å². The van der Waals surface area contributed by atoms with Crippen molar-refractivity contribution in [2.24, 2.45) is 11.7 Å². The van der Waals surface area contributed by atoms with Crippen LogP contribution in [0.5, 0.6) is 0 Å². The van der Waals surface area contributed by atoms with Crippen LogP contribution < -0.4 is 5.73 Å². The third kappa shape index (κ3) is 20.8. The maximum Gasteiger partial charge on any atom is 0.216 e. The molecule has 0 saturated carbocycles. The highest BCUT2D eigenvalue weighted by Gasteiger charge is 2.48. The van der Waals surface area contributed by atoms with Crippen LogP contribution in [-0.4, -0.2) is 151 Å². The molecule has 2 N–H and O–H groups in total. The fourth-order valence-corrected chi connectivity index (χ4v) is 15.5. The van der Waals surface area contributed by atoms with E-state index in [2.05, 4.69) is 155 Å². The van der Waals surface area contributed by atoms with Crippen molar-refractivity contribution in [1.82, 2.24) is 23.6 Å². The van der Waals surface area contributed by atoms with Gasteiger partial charge in [-0.05, 0) is 171 Å². The highest BCUT2D eigenvalue weighted by atomic mass is 32.2. The molecule has 1 saturated heterocycles. The molecule has 65 heavy (non-hydrogen) atoms. The Morgan fingerprint density at radius 2 is 1.03 bits per heavy atom. The SMILES string of the molecule is C/C(N)=C(/C)C(=O)SCCOCCOP(N(C(C)C)C(C)C)N(C(C)C)C(C)CC1CCC(C)(C)N(CCC(=O)SCCOCCOP(N(C(C)C)C(C)C)N(C(C)C)C(C)C)C1(C)C. The first-order chi connectivity index (χ1) is 30.1. The van der Waals surface area contributed by atoms with Gasteiger partial charge in [0.1, 0.15) is 0 Å². The highest BCUT2D eigenvalue weighted by Crippen LogP contribution is 2.53. The molecule has 0 aromatic carbocycles. The molecule has 1 rings (SSSR count). The van der Waals surface area contributed by atoms with Gasteiger partial charge in [0.25, 0.3) is 0 Å². The van der Waals surface area contributed by atoms with E-state index in [0.29, 0.717) is 111 Å². The first kappa shape index (κ1) is 63.1. The molecule has 1 aliphatic rings. The first-order valence-corrected chi connectivity index (χ1v) is 29.1. The number of nitrogens with two attached hydrogens (primary N) is 1. The maximum absolute atomic E-state index is 13.4. The molecule has 0 amide bonds. The van der Waals surface area contributed by atoms with Crippen molar-refractivity contribution < 1.29 is 28.1 Å². The molecule has 3 unspecified atom stereocenters. The predicted octanol–water partition coefficient (Wildman–Crippen LogP) is 11.8. The van der Waals surface area contributed by atoms with Crippen LogP contribution in [0.25, 0.3) is 0 Å². The number of hydrogen-bond acceptors (Lipinski definition) is 14. The molecular formula is C49H100N6O6P2S2. The topological polar surface area (TPSA) is 113 Å². The highest BCUT2D eigenvalue weighted by molar-refractivity contribution is 8.14. The third-order valence-corrected chi connectivity index (χ3v) is 20.2. The Labute approximate surface area is 411 Å². The molecule has 1 fully saturated rings. The molecule has 16 heteroatoms. The van der Waals surface area contributed by atoms with Gasteiger partial charge in [0, 0.05) is 95.2 Å². The van der Waals surface area contributed by atoms with E-state index in [1.54, 1.807) is 13.8 Å². The molecule has 0 aliphatic carbocycles. The number of thioether (sulfide) groups is 2. The Kier molecular flexibility index (Phi) is 29.8. The molecular weight excluding hydrogens is 895 g/mol. The summed E-state index contributed by atoms with van der Waals surface area (Å²) in [4.78, 5) is 28.4. The monoisotopic (exact) mass is 995 g/mol. The minimum absolute atomic E-state index is 0.000700. The number of piperidine rings is 1. The van der Waals surface area contributed by atoms with E-state index >= 15 is 0 Å². The number of likely N-dealkylation sites (tertiary alicyclic amines) is 1. The van der Waals surface area contributed by atoms with Crippen LogP contribution >= 0.6 is 40.4 Å². The molecule has 0 radical (unpaired) electrons. The van der Waals surface area contributed by atoms with Gasteiger partial charge in [0.05, 0.1) is 39.6 Å². The molecule has 1 heterocycles. The van der Waals surface area contributed by atoms with Crippen LogP contribution in [-0.2, 0) is 28.1 Å². The average molecular weight is 995 g/mol. The second-order valence-electron chi connectivity index (χ2n) is 20.9. The zero-order chi connectivity index (χ0) is 50.0. The maximum atomic E-state index is 13.4. The lowest BCUT2D eigenvalue weighted by Gasteiger charge is -2.58. The number of rotatable bonds is 32. The van der Waals surface area contributed by atoms with Crippen molar-refractivity contribution >= 4 is 50.7 Å². The van der Waals surface area contributed by atoms with E-state index in [-0.39, 0.29) is 33.4 Å². The lowest BCUT2D eigenvalue weighted by Crippen LogP contribution is -2.63. The molecule has 3 atom stereocenters. The normalized spacial score (nSPS) is 18.7. The Bertz CT molecular complexity index is 1360.